The van der Waals surface area contributed by atoms with Gasteiger partial charge in [-0.1, -0.05) is 11.3 Å². The number of aromatic nitrogens is 1. The lowest BCUT2D eigenvalue weighted by Crippen LogP contribution is -2.35. The molecular formula is C11H18N4OS. The Kier molecular flexibility index (Phi) is 3.51. The van der Waals surface area contributed by atoms with Gasteiger partial charge in [0.25, 0.3) is 5.91 Å². The maximum Gasteiger partial charge on any atom is 0.267 e. The van der Waals surface area contributed by atoms with E-state index in [0.29, 0.717) is 10.7 Å². The summed E-state index contributed by atoms with van der Waals surface area (Å²) in [5.41, 5.74) is 5.81. The van der Waals surface area contributed by atoms with E-state index < -0.39 is 0 Å². The molecule has 0 aromatic carbocycles. The molecule has 0 radical (unpaired) electrons. The van der Waals surface area contributed by atoms with Gasteiger partial charge in [-0.3, -0.25) is 4.79 Å². The number of nitrogens with two attached hydrogens (primary N) is 1. The number of amides is 1. The van der Waals surface area contributed by atoms with Gasteiger partial charge in [0.15, 0.2) is 5.13 Å². The SMILES string of the molecule is CN(C)c1nc(N)c(C(=O)N2CCCCC2)s1. The molecule has 6 heteroatoms. The number of piperidine rings is 1. The lowest BCUT2D eigenvalue weighted by Gasteiger charge is -2.26. The van der Waals surface area contributed by atoms with Crippen LogP contribution >= 0.6 is 11.3 Å². The smallest absolute Gasteiger partial charge is 0.267 e. The molecule has 0 aliphatic carbocycles. The molecule has 1 saturated heterocycles. The third-order valence-corrected chi connectivity index (χ3v) is 4.09. The summed E-state index contributed by atoms with van der Waals surface area (Å²) in [6.45, 7) is 1.68. The van der Waals surface area contributed by atoms with Gasteiger partial charge in [0.2, 0.25) is 0 Å². The van der Waals surface area contributed by atoms with Crippen molar-refractivity contribution in [3.63, 3.8) is 0 Å². The van der Waals surface area contributed by atoms with Gasteiger partial charge in [0, 0.05) is 27.2 Å². The molecule has 2 heterocycles. The first-order chi connectivity index (χ1) is 8.09. The van der Waals surface area contributed by atoms with E-state index in [1.54, 1.807) is 0 Å². The van der Waals surface area contributed by atoms with Gasteiger partial charge in [-0.25, -0.2) is 4.98 Å². The normalized spacial score (nSPS) is 16.0. The maximum atomic E-state index is 12.3. The van der Waals surface area contributed by atoms with E-state index >= 15 is 0 Å². The Bertz CT molecular complexity index is 410. The highest BCUT2D eigenvalue weighted by Crippen LogP contribution is 2.28. The molecule has 0 spiro atoms. The first-order valence-electron chi connectivity index (χ1n) is 5.82. The average Bonchev–Trinajstić information content (AvgIpc) is 2.72. The number of carbonyl (C=O) groups is 1. The summed E-state index contributed by atoms with van der Waals surface area (Å²) in [7, 11) is 3.79. The summed E-state index contributed by atoms with van der Waals surface area (Å²) >= 11 is 1.37. The Labute approximate surface area is 105 Å². The molecule has 17 heavy (non-hydrogen) atoms. The summed E-state index contributed by atoms with van der Waals surface area (Å²) in [4.78, 5) is 20.8. The second kappa shape index (κ2) is 4.91. The van der Waals surface area contributed by atoms with Crippen LogP contribution in [0.25, 0.3) is 0 Å². The summed E-state index contributed by atoms with van der Waals surface area (Å²) < 4.78 is 0. The highest BCUT2D eigenvalue weighted by atomic mass is 32.1. The standard InChI is InChI=1S/C11H18N4OS/c1-14(2)11-13-9(12)8(17-11)10(16)15-6-4-3-5-7-15/h3-7,12H2,1-2H3. The van der Waals surface area contributed by atoms with Crippen LogP contribution in [0.5, 0.6) is 0 Å². The fourth-order valence-corrected chi connectivity index (χ4v) is 2.78. The summed E-state index contributed by atoms with van der Waals surface area (Å²) in [5.74, 6) is 0.391. The van der Waals surface area contributed by atoms with Crippen LogP contribution in [0.15, 0.2) is 0 Å². The van der Waals surface area contributed by atoms with E-state index in [4.69, 9.17) is 5.73 Å². The molecule has 0 saturated carbocycles. The zero-order valence-electron chi connectivity index (χ0n) is 10.3. The fourth-order valence-electron chi connectivity index (χ4n) is 1.91. The van der Waals surface area contributed by atoms with Crippen molar-refractivity contribution >= 4 is 28.2 Å². The minimum Gasteiger partial charge on any atom is -0.382 e. The van der Waals surface area contributed by atoms with Crippen molar-refractivity contribution in [2.45, 2.75) is 19.3 Å². The lowest BCUT2D eigenvalue weighted by atomic mass is 10.1. The Morgan fingerprint density at radius 2 is 2.00 bits per heavy atom. The van der Waals surface area contributed by atoms with E-state index in [2.05, 4.69) is 4.98 Å². The van der Waals surface area contributed by atoms with Crippen LogP contribution in [-0.4, -0.2) is 43.0 Å². The molecule has 1 fully saturated rings. The molecule has 94 valence electrons. The maximum absolute atomic E-state index is 12.3. The molecule has 1 aliphatic heterocycles. The van der Waals surface area contributed by atoms with Crippen LogP contribution in [-0.2, 0) is 0 Å². The molecule has 1 amide bonds. The Balaban J connectivity index is 2.18. The number of hydrogen-bond acceptors (Lipinski definition) is 5. The van der Waals surface area contributed by atoms with Gasteiger partial charge in [-0.2, -0.15) is 0 Å². The molecule has 1 aliphatic rings. The number of hydrogen-bond donors (Lipinski definition) is 1. The predicted molar refractivity (Wildman–Crippen MR) is 70.6 cm³/mol. The summed E-state index contributed by atoms with van der Waals surface area (Å²) in [6, 6.07) is 0. The number of likely N-dealkylation sites (tertiary alicyclic amines) is 1. The third kappa shape index (κ3) is 2.52. The molecule has 1 aromatic heterocycles. The van der Waals surface area contributed by atoms with Crippen molar-refractivity contribution in [1.82, 2.24) is 9.88 Å². The van der Waals surface area contributed by atoms with Gasteiger partial charge in [0.1, 0.15) is 10.7 Å². The van der Waals surface area contributed by atoms with Crippen molar-refractivity contribution in [2.75, 3.05) is 37.8 Å². The van der Waals surface area contributed by atoms with Crippen molar-refractivity contribution in [1.29, 1.82) is 0 Å². The second-order valence-electron chi connectivity index (χ2n) is 4.46. The quantitative estimate of drug-likeness (QED) is 0.867. The van der Waals surface area contributed by atoms with Crippen LogP contribution in [0.2, 0.25) is 0 Å². The second-order valence-corrected chi connectivity index (χ2v) is 5.44. The highest BCUT2D eigenvalue weighted by molar-refractivity contribution is 7.18. The van der Waals surface area contributed by atoms with Crippen molar-refractivity contribution in [3.8, 4) is 0 Å². The number of anilines is 2. The van der Waals surface area contributed by atoms with Gasteiger partial charge < -0.3 is 15.5 Å². The molecule has 0 atom stereocenters. The van der Waals surface area contributed by atoms with Crippen LogP contribution in [0.4, 0.5) is 10.9 Å². The lowest BCUT2D eigenvalue weighted by molar-refractivity contribution is 0.0730. The zero-order chi connectivity index (χ0) is 12.4. The van der Waals surface area contributed by atoms with Crippen molar-refractivity contribution < 1.29 is 4.79 Å². The third-order valence-electron chi connectivity index (χ3n) is 2.86. The number of nitrogen functional groups attached to an aromatic ring is 1. The fraction of sp³-hybridized carbons (Fsp3) is 0.636. The Hall–Kier alpha value is -1.30. The van der Waals surface area contributed by atoms with Gasteiger partial charge in [-0.05, 0) is 19.3 Å². The molecule has 0 bridgehead atoms. The minimum absolute atomic E-state index is 0.0350. The largest absolute Gasteiger partial charge is 0.382 e. The molecule has 2 N–H and O–H groups in total. The van der Waals surface area contributed by atoms with Gasteiger partial charge >= 0.3 is 0 Å². The topological polar surface area (TPSA) is 62.5 Å². The van der Waals surface area contributed by atoms with E-state index in [1.807, 2.05) is 23.9 Å². The zero-order valence-corrected chi connectivity index (χ0v) is 11.1. The predicted octanol–water partition coefficient (Wildman–Crippen LogP) is 1.42. The van der Waals surface area contributed by atoms with Crippen LogP contribution in [0.3, 0.4) is 0 Å². The summed E-state index contributed by atoms with van der Waals surface area (Å²) in [5, 5.41) is 0.780. The number of carbonyl (C=O) groups excluding carboxylic acids is 1. The Morgan fingerprint density at radius 1 is 1.35 bits per heavy atom. The molecular weight excluding hydrogens is 236 g/mol. The molecule has 5 nitrogen and oxygen atoms in total. The number of nitrogens with zero attached hydrogens (tertiary/aromatic N) is 3. The minimum atomic E-state index is 0.0350. The van der Waals surface area contributed by atoms with E-state index in [9.17, 15) is 4.79 Å². The van der Waals surface area contributed by atoms with Gasteiger partial charge in [-0.15, -0.1) is 0 Å². The average molecular weight is 254 g/mol. The molecule has 0 unspecified atom stereocenters. The van der Waals surface area contributed by atoms with E-state index in [1.165, 1.54) is 17.8 Å². The first-order valence-corrected chi connectivity index (χ1v) is 6.64. The van der Waals surface area contributed by atoms with Gasteiger partial charge in [0.05, 0.1) is 0 Å². The van der Waals surface area contributed by atoms with E-state index in [0.717, 1.165) is 31.1 Å². The van der Waals surface area contributed by atoms with Crippen LogP contribution in [0, 0.1) is 0 Å². The number of rotatable bonds is 2. The van der Waals surface area contributed by atoms with Crippen molar-refractivity contribution in [3.05, 3.63) is 4.88 Å². The monoisotopic (exact) mass is 254 g/mol. The van der Waals surface area contributed by atoms with Crippen molar-refractivity contribution in [2.24, 2.45) is 0 Å². The van der Waals surface area contributed by atoms with Crippen LogP contribution < -0.4 is 10.6 Å². The molecule has 2 rings (SSSR count). The Morgan fingerprint density at radius 3 is 2.53 bits per heavy atom. The summed E-state index contributed by atoms with van der Waals surface area (Å²) in [6.07, 6.45) is 3.39. The first kappa shape index (κ1) is 12.2. The van der Waals surface area contributed by atoms with Crippen LogP contribution in [0.1, 0.15) is 28.9 Å². The highest BCUT2D eigenvalue weighted by Gasteiger charge is 2.23. The number of thiazole rings is 1. The molecule has 1 aromatic rings. The van der Waals surface area contributed by atoms with E-state index in [-0.39, 0.29) is 5.91 Å².